The summed E-state index contributed by atoms with van der Waals surface area (Å²) in [7, 11) is -3.57. The molecule has 3 N–H and O–H groups in total. The van der Waals surface area contributed by atoms with E-state index in [0.717, 1.165) is 0 Å². The largest absolute Gasteiger partial charge is 0.466 e. The lowest BCUT2D eigenvalue weighted by Crippen LogP contribution is -2.49. The van der Waals surface area contributed by atoms with Crippen LogP contribution in [0.25, 0.3) is 0 Å². The number of ether oxygens (including phenoxy) is 1. The van der Waals surface area contributed by atoms with Crippen LogP contribution in [0.2, 0.25) is 0 Å². The average molecular weight is 307 g/mol. The van der Waals surface area contributed by atoms with Crippen LogP contribution in [0.5, 0.6) is 0 Å². The zero-order valence-electron chi connectivity index (χ0n) is 12.2. The maximum Gasteiger partial charge on any atom is 0.310 e. The van der Waals surface area contributed by atoms with Crippen molar-refractivity contribution in [1.29, 1.82) is 0 Å². The third kappa shape index (κ3) is 5.01. The second-order valence-corrected chi connectivity index (χ2v) is 6.73. The fourth-order valence-electron chi connectivity index (χ4n) is 2.06. The number of piperidine rings is 1. The molecule has 0 bridgehead atoms. The van der Waals surface area contributed by atoms with Gasteiger partial charge in [-0.15, -0.1) is 0 Å². The van der Waals surface area contributed by atoms with Crippen LogP contribution in [0.4, 0.5) is 0 Å². The predicted molar refractivity (Wildman–Crippen MR) is 76.1 cm³/mol. The number of nitrogens with two attached hydrogens (primary N) is 1. The first-order valence-electron chi connectivity index (χ1n) is 7.07. The van der Waals surface area contributed by atoms with Crippen molar-refractivity contribution in [3.05, 3.63) is 0 Å². The van der Waals surface area contributed by atoms with E-state index in [9.17, 15) is 13.2 Å². The van der Waals surface area contributed by atoms with Gasteiger partial charge in [-0.1, -0.05) is 6.92 Å². The SMILES string of the molecule is CCOC(=O)C1CCCN(S(=O)(=O)NCC(N)CC)C1. The molecule has 1 fully saturated rings. The third-order valence-electron chi connectivity index (χ3n) is 3.40. The number of esters is 1. The molecule has 0 aromatic heterocycles. The van der Waals surface area contributed by atoms with Gasteiger partial charge in [0, 0.05) is 25.7 Å². The quantitative estimate of drug-likeness (QED) is 0.636. The van der Waals surface area contributed by atoms with E-state index in [-0.39, 0.29) is 31.0 Å². The van der Waals surface area contributed by atoms with Crippen molar-refractivity contribution in [2.24, 2.45) is 11.7 Å². The fraction of sp³-hybridized carbons (Fsp3) is 0.917. The molecule has 1 aliphatic rings. The van der Waals surface area contributed by atoms with E-state index in [4.69, 9.17) is 10.5 Å². The highest BCUT2D eigenvalue weighted by Crippen LogP contribution is 2.19. The minimum atomic E-state index is -3.57. The van der Waals surface area contributed by atoms with Gasteiger partial charge >= 0.3 is 5.97 Å². The number of nitrogens with one attached hydrogen (secondary N) is 1. The maximum absolute atomic E-state index is 12.1. The Morgan fingerprint density at radius 2 is 2.20 bits per heavy atom. The van der Waals surface area contributed by atoms with Crippen LogP contribution in [-0.4, -0.2) is 51.0 Å². The van der Waals surface area contributed by atoms with Gasteiger partial charge in [0.25, 0.3) is 10.2 Å². The summed E-state index contributed by atoms with van der Waals surface area (Å²) < 4.78 is 33.0. The van der Waals surface area contributed by atoms with Gasteiger partial charge in [0.2, 0.25) is 0 Å². The normalized spacial score (nSPS) is 22.4. The second-order valence-electron chi connectivity index (χ2n) is 4.97. The van der Waals surface area contributed by atoms with Crippen LogP contribution >= 0.6 is 0 Å². The highest BCUT2D eigenvalue weighted by molar-refractivity contribution is 7.87. The molecule has 0 aromatic rings. The molecule has 0 radical (unpaired) electrons. The Morgan fingerprint density at radius 3 is 2.80 bits per heavy atom. The van der Waals surface area contributed by atoms with Gasteiger partial charge < -0.3 is 10.5 Å². The molecule has 1 rings (SSSR count). The van der Waals surface area contributed by atoms with E-state index in [0.29, 0.717) is 32.4 Å². The molecule has 2 unspecified atom stereocenters. The van der Waals surface area contributed by atoms with Gasteiger partial charge in [-0.2, -0.15) is 12.7 Å². The summed E-state index contributed by atoms with van der Waals surface area (Å²) in [5, 5.41) is 0. The van der Waals surface area contributed by atoms with Gasteiger partial charge in [0.05, 0.1) is 12.5 Å². The summed E-state index contributed by atoms with van der Waals surface area (Å²) in [5.41, 5.74) is 5.71. The molecule has 20 heavy (non-hydrogen) atoms. The van der Waals surface area contributed by atoms with E-state index >= 15 is 0 Å². The monoisotopic (exact) mass is 307 g/mol. The number of carbonyl (C=O) groups is 1. The molecular formula is C12H25N3O4S. The Balaban J connectivity index is 2.59. The zero-order valence-corrected chi connectivity index (χ0v) is 13.0. The van der Waals surface area contributed by atoms with E-state index in [1.165, 1.54) is 4.31 Å². The van der Waals surface area contributed by atoms with E-state index < -0.39 is 10.2 Å². The molecule has 1 saturated heterocycles. The Bertz CT molecular complexity index is 413. The number of nitrogens with zero attached hydrogens (tertiary/aromatic N) is 1. The summed E-state index contributed by atoms with van der Waals surface area (Å²) >= 11 is 0. The molecule has 0 saturated carbocycles. The molecule has 8 heteroatoms. The van der Waals surface area contributed by atoms with Crippen LogP contribution in [0.3, 0.4) is 0 Å². The van der Waals surface area contributed by atoms with E-state index in [2.05, 4.69) is 4.72 Å². The topological polar surface area (TPSA) is 102 Å². The minimum absolute atomic E-state index is 0.176. The first-order valence-corrected chi connectivity index (χ1v) is 8.51. The second kappa shape index (κ2) is 7.92. The molecule has 1 heterocycles. The molecule has 1 aliphatic heterocycles. The smallest absolute Gasteiger partial charge is 0.310 e. The minimum Gasteiger partial charge on any atom is -0.466 e. The van der Waals surface area contributed by atoms with Crippen molar-refractivity contribution in [2.75, 3.05) is 26.2 Å². The average Bonchev–Trinajstić information content (AvgIpc) is 2.45. The Labute approximate surface area is 121 Å². The summed E-state index contributed by atoms with van der Waals surface area (Å²) in [5.74, 6) is -0.696. The van der Waals surface area contributed by atoms with Gasteiger partial charge in [0.15, 0.2) is 0 Å². The summed E-state index contributed by atoms with van der Waals surface area (Å²) in [6.45, 7) is 4.76. The lowest BCUT2D eigenvalue weighted by molar-refractivity contribution is -0.149. The number of carbonyl (C=O) groups excluding carboxylic acids is 1. The standard InChI is InChI=1S/C12H25N3O4S/c1-3-11(13)8-14-20(17,18)15-7-5-6-10(9-15)12(16)19-4-2/h10-11,14H,3-9,13H2,1-2H3. The van der Waals surface area contributed by atoms with E-state index in [1.807, 2.05) is 6.92 Å². The molecule has 0 aromatic carbocycles. The van der Waals surface area contributed by atoms with Crippen molar-refractivity contribution in [3.63, 3.8) is 0 Å². The third-order valence-corrected chi connectivity index (χ3v) is 4.94. The lowest BCUT2D eigenvalue weighted by Gasteiger charge is -2.30. The fourth-order valence-corrected chi connectivity index (χ4v) is 3.41. The van der Waals surface area contributed by atoms with Crippen LogP contribution in [0, 0.1) is 5.92 Å². The first kappa shape index (κ1) is 17.4. The molecule has 0 amide bonds. The molecule has 7 nitrogen and oxygen atoms in total. The molecular weight excluding hydrogens is 282 g/mol. The lowest BCUT2D eigenvalue weighted by atomic mass is 10.0. The highest BCUT2D eigenvalue weighted by Gasteiger charge is 2.32. The molecule has 118 valence electrons. The highest BCUT2D eigenvalue weighted by atomic mass is 32.2. The number of rotatable bonds is 7. The summed E-state index contributed by atoms with van der Waals surface area (Å²) in [6.07, 6.45) is 2.03. The molecule has 0 spiro atoms. The summed E-state index contributed by atoms with van der Waals surface area (Å²) in [6, 6.07) is -0.199. The summed E-state index contributed by atoms with van der Waals surface area (Å²) in [4.78, 5) is 11.7. The van der Waals surface area contributed by atoms with Crippen LogP contribution in [0.15, 0.2) is 0 Å². The van der Waals surface area contributed by atoms with Crippen molar-refractivity contribution < 1.29 is 17.9 Å². The Kier molecular flexibility index (Phi) is 6.87. The van der Waals surface area contributed by atoms with Crippen LogP contribution in [-0.2, 0) is 19.7 Å². The van der Waals surface area contributed by atoms with Crippen molar-refractivity contribution in [1.82, 2.24) is 9.03 Å². The van der Waals surface area contributed by atoms with Crippen molar-refractivity contribution >= 4 is 16.2 Å². The van der Waals surface area contributed by atoms with Crippen molar-refractivity contribution in [2.45, 2.75) is 39.2 Å². The van der Waals surface area contributed by atoms with Gasteiger partial charge in [0.1, 0.15) is 0 Å². The van der Waals surface area contributed by atoms with Gasteiger partial charge in [-0.05, 0) is 26.2 Å². The first-order chi connectivity index (χ1) is 9.40. The Hall–Kier alpha value is -0.700. The van der Waals surface area contributed by atoms with Gasteiger partial charge in [-0.3, -0.25) is 4.79 Å². The van der Waals surface area contributed by atoms with Crippen molar-refractivity contribution in [3.8, 4) is 0 Å². The van der Waals surface area contributed by atoms with Crippen LogP contribution in [0.1, 0.15) is 33.1 Å². The molecule has 2 atom stereocenters. The molecule has 0 aliphatic carbocycles. The van der Waals surface area contributed by atoms with Gasteiger partial charge in [-0.25, -0.2) is 4.72 Å². The maximum atomic E-state index is 12.1. The van der Waals surface area contributed by atoms with E-state index in [1.54, 1.807) is 6.92 Å². The number of hydrogen-bond acceptors (Lipinski definition) is 5. The Morgan fingerprint density at radius 1 is 1.50 bits per heavy atom. The van der Waals surface area contributed by atoms with Crippen LogP contribution < -0.4 is 10.5 Å². The number of hydrogen-bond donors (Lipinski definition) is 2. The predicted octanol–water partition coefficient (Wildman–Crippen LogP) is -0.167. The zero-order chi connectivity index (χ0) is 15.2.